The number of piperazine rings is 1. The van der Waals surface area contributed by atoms with E-state index in [-0.39, 0.29) is 18.3 Å². The van der Waals surface area contributed by atoms with Gasteiger partial charge >= 0.3 is 0 Å². The van der Waals surface area contributed by atoms with E-state index < -0.39 is 0 Å². The van der Waals surface area contributed by atoms with Gasteiger partial charge in [0.05, 0.1) is 0 Å². The van der Waals surface area contributed by atoms with Crippen molar-refractivity contribution in [3.8, 4) is 0 Å². The van der Waals surface area contributed by atoms with Crippen molar-refractivity contribution in [2.24, 2.45) is 0 Å². The monoisotopic (exact) mass is 372 g/mol. The van der Waals surface area contributed by atoms with Crippen LogP contribution in [0, 0.1) is 0 Å². The molecular weight excluding hydrogens is 355 g/mol. The lowest BCUT2D eigenvalue weighted by Gasteiger charge is -2.34. The highest BCUT2D eigenvalue weighted by molar-refractivity contribution is 7.15. The molecule has 3 rings (SSSR count). The predicted octanol–water partition coefficient (Wildman–Crippen LogP) is 2.76. The van der Waals surface area contributed by atoms with Gasteiger partial charge in [-0.15, -0.1) is 23.7 Å². The lowest BCUT2D eigenvalue weighted by Crippen LogP contribution is -2.48. The molecule has 0 unspecified atom stereocenters. The van der Waals surface area contributed by atoms with E-state index in [0.717, 1.165) is 37.6 Å². The normalized spacial score (nSPS) is 15.3. The minimum atomic E-state index is 0. The molecule has 1 aromatic heterocycles. The Bertz CT molecular complexity index is 654. The first-order chi connectivity index (χ1) is 10.6. The fraction of sp³-hybridized carbons (Fsp3) is 0.333. The maximum absolute atomic E-state index is 12.4. The average molecular weight is 373 g/mol. The molecule has 5 nitrogen and oxygen atoms in total. The van der Waals surface area contributed by atoms with Crippen LogP contribution in [0.5, 0.6) is 0 Å². The van der Waals surface area contributed by atoms with Gasteiger partial charge in [0.2, 0.25) is 0 Å². The SMILES string of the molecule is Cl.Nc1ncc(CN2CCN(C(=O)c3ccc(Cl)cc3)CC2)s1. The van der Waals surface area contributed by atoms with E-state index in [1.165, 1.54) is 11.3 Å². The second-order valence-electron chi connectivity index (χ2n) is 5.24. The summed E-state index contributed by atoms with van der Waals surface area (Å²) in [7, 11) is 0. The van der Waals surface area contributed by atoms with Crippen LogP contribution in [0.15, 0.2) is 30.5 Å². The van der Waals surface area contributed by atoms with Crippen molar-refractivity contribution in [1.82, 2.24) is 14.8 Å². The topological polar surface area (TPSA) is 62.5 Å². The predicted molar refractivity (Wildman–Crippen MR) is 96.4 cm³/mol. The van der Waals surface area contributed by atoms with Crippen LogP contribution >= 0.6 is 35.3 Å². The fourth-order valence-electron chi connectivity index (χ4n) is 2.50. The molecule has 1 aromatic carbocycles. The summed E-state index contributed by atoms with van der Waals surface area (Å²) < 4.78 is 0. The average Bonchev–Trinajstić information content (AvgIpc) is 2.93. The Morgan fingerprint density at radius 2 is 1.87 bits per heavy atom. The summed E-state index contributed by atoms with van der Waals surface area (Å²) in [4.78, 5) is 21.9. The highest BCUT2D eigenvalue weighted by atomic mass is 35.5. The lowest BCUT2D eigenvalue weighted by molar-refractivity contribution is 0.0629. The van der Waals surface area contributed by atoms with Crippen molar-refractivity contribution in [3.05, 3.63) is 45.9 Å². The van der Waals surface area contributed by atoms with Gasteiger partial charge in [-0.2, -0.15) is 0 Å². The third-order valence-corrected chi connectivity index (χ3v) is 4.76. The van der Waals surface area contributed by atoms with Crippen molar-refractivity contribution in [1.29, 1.82) is 0 Å². The molecule has 1 saturated heterocycles. The van der Waals surface area contributed by atoms with Gasteiger partial charge in [-0.1, -0.05) is 11.6 Å². The van der Waals surface area contributed by atoms with E-state index in [0.29, 0.717) is 15.7 Å². The van der Waals surface area contributed by atoms with Gasteiger partial charge in [0.25, 0.3) is 5.91 Å². The Balaban J connectivity index is 0.00000192. The Morgan fingerprint density at radius 3 is 2.43 bits per heavy atom. The number of nitrogen functional groups attached to an aromatic ring is 1. The molecule has 8 heteroatoms. The summed E-state index contributed by atoms with van der Waals surface area (Å²) in [6.45, 7) is 4.03. The largest absolute Gasteiger partial charge is 0.375 e. The van der Waals surface area contributed by atoms with Crippen LogP contribution < -0.4 is 5.73 Å². The number of nitrogens with zero attached hydrogens (tertiary/aromatic N) is 3. The van der Waals surface area contributed by atoms with Crippen LogP contribution in [0.3, 0.4) is 0 Å². The van der Waals surface area contributed by atoms with E-state index in [2.05, 4.69) is 9.88 Å². The highest BCUT2D eigenvalue weighted by Crippen LogP contribution is 2.18. The third kappa shape index (κ3) is 4.57. The Hall–Kier alpha value is -1.34. The first-order valence-corrected chi connectivity index (χ1v) is 8.28. The van der Waals surface area contributed by atoms with Gasteiger partial charge in [0.1, 0.15) is 0 Å². The standard InChI is InChI=1S/C15H17ClN4OS.ClH/c16-12-3-1-11(2-4-12)14(21)20-7-5-19(6-8-20)10-13-9-18-15(17)22-13;/h1-4,9H,5-8,10H2,(H2,17,18);1H. The zero-order valence-corrected chi connectivity index (χ0v) is 14.8. The summed E-state index contributed by atoms with van der Waals surface area (Å²) in [5.41, 5.74) is 6.34. The van der Waals surface area contributed by atoms with E-state index in [1.54, 1.807) is 24.3 Å². The van der Waals surface area contributed by atoms with Crippen LogP contribution in [0.25, 0.3) is 0 Å². The molecule has 2 N–H and O–H groups in total. The lowest BCUT2D eigenvalue weighted by atomic mass is 10.2. The molecule has 124 valence electrons. The van der Waals surface area contributed by atoms with E-state index in [1.807, 2.05) is 11.1 Å². The zero-order valence-electron chi connectivity index (χ0n) is 12.4. The molecule has 1 aliphatic rings. The number of thiazole rings is 1. The van der Waals surface area contributed by atoms with Gasteiger partial charge in [-0.25, -0.2) is 4.98 Å². The van der Waals surface area contributed by atoms with E-state index in [4.69, 9.17) is 17.3 Å². The van der Waals surface area contributed by atoms with Crippen LogP contribution in [-0.2, 0) is 6.54 Å². The Kier molecular flexibility index (Phi) is 6.24. The number of anilines is 1. The smallest absolute Gasteiger partial charge is 0.253 e. The summed E-state index contributed by atoms with van der Waals surface area (Å²) in [6, 6.07) is 7.05. The third-order valence-electron chi connectivity index (χ3n) is 3.70. The molecule has 0 atom stereocenters. The molecule has 1 amide bonds. The minimum absolute atomic E-state index is 0. The summed E-state index contributed by atoms with van der Waals surface area (Å²) in [5, 5.41) is 1.25. The van der Waals surface area contributed by atoms with Gasteiger partial charge in [0.15, 0.2) is 5.13 Å². The van der Waals surface area contributed by atoms with Crippen molar-refractivity contribution in [2.75, 3.05) is 31.9 Å². The number of aromatic nitrogens is 1. The van der Waals surface area contributed by atoms with Crippen molar-refractivity contribution in [3.63, 3.8) is 0 Å². The molecule has 1 aliphatic heterocycles. The number of amides is 1. The van der Waals surface area contributed by atoms with Crippen LogP contribution in [0.4, 0.5) is 5.13 Å². The number of rotatable bonds is 3. The molecule has 23 heavy (non-hydrogen) atoms. The van der Waals surface area contributed by atoms with E-state index >= 15 is 0 Å². The van der Waals surface area contributed by atoms with E-state index in [9.17, 15) is 4.79 Å². The van der Waals surface area contributed by atoms with Crippen molar-refractivity contribution < 1.29 is 4.79 Å². The molecular formula is C15H18Cl2N4OS. The number of benzene rings is 1. The summed E-state index contributed by atoms with van der Waals surface area (Å²) >= 11 is 7.37. The fourth-order valence-corrected chi connectivity index (χ4v) is 3.35. The van der Waals surface area contributed by atoms with Crippen LogP contribution in [0.1, 0.15) is 15.2 Å². The van der Waals surface area contributed by atoms with Crippen LogP contribution in [0.2, 0.25) is 5.02 Å². The molecule has 0 aliphatic carbocycles. The zero-order chi connectivity index (χ0) is 15.5. The number of hydrogen-bond donors (Lipinski definition) is 1. The molecule has 2 heterocycles. The molecule has 0 radical (unpaired) electrons. The number of hydrogen-bond acceptors (Lipinski definition) is 5. The Morgan fingerprint density at radius 1 is 1.22 bits per heavy atom. The van der Waals surface area contributed by atoms with Gasteiger partial charge in [-0.05, 0) is 24.3 Å². The van der Waals surface area contributed by atoms with Gasteiger partial charge in [0, 0.05) is 54.4 Å². The van der Waals surface area contributed by atoms with Crippen LogP contribution in [-0.4, -0.2) is 46.9 Å². The number of carbonyl (C=O) groups excluding carboxylic acids is 1. The van der Waals surface area contributed by atoms with Crippen molar-refractivity contribution in [2.45, 2.75) is 6.54 Å². The second-order valence-corrected chi connectivity index (χ2v) is 6.82. The molecule has 1 fully saturated rings. The summed E-state index contributed by atoms with van der Waals surface area (Å²) in [6.07, 6.45) is 1.82. The quantitative estimate of drug-likeness (QED) is 0.899. The molecule has 0 spiro atoms. The maximum atomic E-state index is 12.4. The minimum Gasteiger partial charge on any atom is -0.375 e. The van der Waals surface area contributed by atoms with Gasteiger partial charge < -0.3 is 10.6 Å². The number of carbonyl (C=O) groups is 1. The molecule has 0 saturated carbocycles. The first-order valence-electron chi connectivity index (χ1n) is 7.09. The number of halogens is 2. The number of nitrogens with two attached hydrogens (primary N) is 1. The molecule has 2 aromatic rings. The van der Waals surface area contributed by atoms with Gasteiger partial charge in [-0.3, -0.25) is 9.69 Å². The molecule has 0 bridgehead atoms. The first kappa shape index (κ1) is 18.0. The second kappa shape index (κ2) is 7.97. The maximum Gasteiger partial charge on any atom is 0.253 e. The van der Waals surface area contributed by atoms with Crippen molar-refractivity contribution >= 4 is 46.4 Å². The highest BCUT2D eigenvalue weighted by Gasteiger charge is 2.22. The Labute approximate surface area is 150 Å². The summed E-state index contributed by atoms with van der Waals surface area (Å²) in [5.74, 6) is 0.0679.